The molecule has 0 bridgehead atoms. The molecule has 6 nitrogen and oxygen atoms in total. The Hall–Kier alpha value is -2.71. The highest BCUT2D eigenvalue weighted by Gasteiger charge is 2.13. The van der Waals surface area contributed by atoms with Crippen molar-refractivity contribution in [3.63, 3.8) is 0 Å². The minimum Gasteiger partial charge on any atom is -0.358 e. The fourth-order valence-corrected chi connectivity index (χ4v) is 3.96. The van der Waals surface area contributed by atoms with Gasteiger partial charge in [-0.3, -0.25) is 0 Å². The maximum Gasteiger partial charge on any atom is 0.233 e. The van der Waals surface area contributed by atoms with E-state index in [1.807, 2.05) is 48.5 Å². The zero-order valence-electron chi connectivity index (χ0n) is 17.6. The third-order valence-corrected chi connectivity index (χ3v) is 5.74. The van der Waals surface area contributed by atoms with Gasteiger partial charge in [0.1, 0.15) is 4.32 Å². The highest BCUT2D eigenvalue weighted by Crippen LogP contribution is 2.24. The normalized spacial score (nSPS) is 10.5. The molecule has 156 valence electrons. The molecule has 2 N–H and O–H groups in total. The molecule has 3 rings (SSSR count). The molecule has 0 fully saturated rings. The van der Waals surface area contributed by atoms with E-state index in [0.29, 0.717) is 17.1 Å². The fraction of sp³-hybridized carbons (Fsp3) is 0.273. The summed E-state index contributed by atoms with van der Waals surface area (Å²) >= 11 is 6.95. The highest BCUT2D eigenvalue weighted by molar-refractivity contribution is 8.22. The molecule has 1 heterocycles. The molecule has 3 aromatic rings. The Morgan fingerprint density at radius 2 is 1.23 bits per heavy atom. The van der Waals surface area contributed by atoms with Crippen LogP contribution in [0, 0.1) is 13.8 Å². The summed E-state index contributed by atoms with van der Waals surface area (Å²) in [6.07, 6.45) is 0. The molecule has 0 saturated heterocycles. The molecule has 0 atom stereocenters. The second-order valence-corrected chi connectivity index (χ2v) is 8.39. The van der Waals surface area contributed by atoms with E-state index in [-0.39, 0.29) is 0 Å². The molecule has 0 aliphatic rings. The number of hydrogen-bond donors (Lipinski definition) is 2. The number of thioether (sulfide) groups is 1. The van der Waals surface area contributed by atoms with Crippen LogP contribution in [0.1, 0.15) is 25.0 Å². The third kappa shape index (κ3) is 6.14. The van der Waals surface area contributed by atoms with Crippen LogP contribution >= 0.6 is 24.0 Å². The Morgan fingerprint density at radius 3 is 1.63 bits per heavy atom. The van der Waals surface area contributed by atoms with Gasteiger partial charge in [0.05, 0.1) is 0 Å². The topological polar surface area (TPSA) is 66.0 Å². The lowest BCUT2D eigenvalue weighted by atomic mass is 10.2. The van der Waals surface area contributed by atoms with Crippen molar-refractivity contribution < 1.29 is 0 Å². The Bertz CT molecular complexity index is 920. The number of aryl methyl sites for hydroxylation is 2. The van der Waals surface area contributed by atoms with E-state index >= 15 is 0 Å². The second-order valence-electron chi connectivity index (χ2n) is 6.79. The third-order valence-electron chi connectivity index (χ3n) is 4.43. The predicted octanol–water partition coefficient (Wildman–Crippen LogP) is 5.69. The first-order valence-corrected chi connectivity index (χ1v) is 11.1. The molecule has 2 aromatic carbocycles. The first-order valence-electron chi connectivity index (χ1n) is 9.87. The van der Waals surface area contributed by atoms with Gasteiger partial charge >= 0.3 is 0 Å². The summed E-state index contributed by atoms with van der Waals surface area (Å²) in [5, 5.41) is 7.08. The molecule has 30 heavy (non-hydrogen) atoms. The Kier molecular flexibility index (Phi) is 7.59. The van der Waals surface area contributed by atoms with Crippen LogP contribution in [-0.4, -0.2) is 37.3 Å². The van der Waals surface area contributed by atoms with E-state index in [0.717, 1.165) is 28.8 Å². The van der Waals surface area contributed by atoms with Crippen molar-refractivity contribution in [3.05, 3.63) is 59.7 Å². The minimum atomic E-state index is 0.466. The Balaban J connectivity index is 1.88. The molecule has 0 aliphatic carbocycles. The number of anilines is 4. The van der Waals surface area contributed by atoms with E-state index in [9.17, 15) is 0 Å². The van der Waals surface area contributed by atoms with Gasteiger partial charge in [0.15, 0.2) is 0 Å². The monoisotopic (exact) mass is 438 g/mol. The molecule has 0 aliphatic heterocycles. The zero-order chi connectivity index (χ0) is 21.5. The molecular weight excluding hydrogens is 412 g/mol. The average Bonchev–Trinajstić information content (AvgIpc) is 2.72. The number of rotatable bonds is 7. The summed E-state index contributed by atoms with van der Waals surface area (Å²) in [5.41, 5.74) is 4.21. The van der Waals surface area contributed by atoms with Gasteiger partial charge in [0.2, 0.25) is 17.1 Å². The van der Waals surface area contributed by atoms with Crippen LogP contribution < -0.4 is 10.6 Å². The standard InChI is InChI=1S/C22H26N6S2/c1-5-28(6-2)22(29)30-21-26-19(23-17-11-7-15(3)8-12-17)25-20(27-21)24-18-13-9-16(4)10-14-18/h7-14H,5-6H2,1-4H3,(H2,23,24,25,26,27). The summed E-state index contributed by atoms with van der Waals surface area (Å²) in [5.74, 6) is 0.932. The van der Waals surface area contributed by atoms with Gasteiger partial charge in [-0.15, -0.1) is 0 Å². The zero-order valence-corrected chi connectivity index (χ0v) is 19.3. The molecule has 0 unspecified atom stereocenters. The van der Waals surface area contributed by atoms with Crippen molar-refractivity contribution in [1.29, 1.82) is 0 Å². The van der Waals surface area contributed by atoms with E-state index in [1.165, 1.54) is 22.9 Å². The van der Waals surface area contributed by atoms with Crippen LogP contribution in [-0.2, 0) is 0 Å². The van der Waals surface area contributed by atoms with E-state index in [4.69, 9.17) is 12.2 Å². The van der Waals surface area contributed by atoms with Crippen molar-refractivity contribution >= 4 is 51.6 Å². The smallest absolute Gasteiger partial charge is 0.233 e. The molecule has 0 amide bonds. The van der Waals surface area contributed by atoms with Crippen molar-refractivity contribution in [2.75, 3.05) is 23.7 Å². The second kappa shape index (κ2) is 10.4. The van der Waals surface area contributed by atoms with Gasteiger partial charge < -0.3 is 15.5 Å². The maximum absolute atomic E-state index is 5.58. The minimum absolute atomic E-state index is 0.466. The van der Waals surface area contributed by atoms with Crippen LogP contribution in [0.3, 0.4) is 0 Å². The van der Waals surface area contributed by atoms with Crippen LogP contribution in [0.5, 0.6) is 0 Å². The Labute approximate surface area is 187 Å². The summed E-state index contributed by atoms with van der Waals surface area (Å²) in [7, 11) is 0. The van der Waals surface area contributed by atoms with E-state index in [2.05, 4.69) is 58.2 Å². The lowest BCUT2D eigenvalue weighted by Gasteiger charge is -2.20. The summed E-state index contributed by atoms with van der Waals surface area (Å²) in [4.78, 5) is 15.8. The highest BCUT2D eigenvalue weighted by atomic mass is 32.2. The number of hydrogen-bond acceptors (Lipinski definition) is 7. The lowest BCUT2D eigenvalue weighted by molar-refractivity contribution is 0.482. The summed E-state index contributed by atoms with van der Waals surface area (Å²) in [6.45, 7) is 9.96. The molecular formula is C22H26N6S2. The number of thiocarbonyl (C=S) groups is 1. The largest absolute Gasteiger partial charge is 0.358 e. The summed E-state index contributed by atoms with van der Waals surface area (Å²) < 4.78 is 0.744. The Morgan fingerprint density at radius 1 is 0.800 bits per heavy atom. The molecule has 0 radical (unpaired) electrons. The van der Waals surface area contributed by atoms with Crippen molar-refractivity contribution in [2.45, 2.75) is 32.9 Å². The molecule has 0 saturated carbocycles. The van der Waals surface area contributed by atoms with Crippen LogP contribution in [0.15, 0.2) is 53.7 Å². The number of aromatic nitrogens is 3. The molecule has 1 aromatic heterocycles. The first kappa shape index (κ1) is 22.0. The van der Waals surface area contributed by atoms with Crippen LogP contribution in [0.4, 0.5) is 23.3 Å². The van der Waals surface area contributed by atoms with Gasteiger partial charge in [-0.2, -0.15) is 15.0 Å². The van der Waals surface area contributed by atoms with E-state index < -0.39 is 0 Å². The van der Waals surface area contributed by atoms with Gasteiger partial charge in [-0.1, -0.05) is 47.6 Å². The molecule has 0 spiro atoms. The fourth-order valence-electron chi connectivity index (χ4n) is 2.67. The maximum atomic E-state index is 5.58. The number of nitrogens with zero attached hydrogens (tertiary/aromatic N) is 4. The SMILES string of the molecule is CCN(CC)C(=S)Sc1nc(Nc2ccc(C)cc2)nc(Nc2ccc(C)cc2)n1. The predicted molar refractivity (Wildman–Crippen MR) is 130 cm³/mol. The number of benzene rings is 2. The summed E-state index contributed by atoms with van der Waals surface area (Å²) in [6, 6.07) is 16.2. The van der Waals surface area contributed by atoms with Crippen molar-refractivity contribution in [1.82, 2.24) is 19.9 Å². The van der Waals surface area contributed by atoms with Gasteiger partial charge in [0, 0.05) is 24.5 Å². The van der Waals surface area contributed by atoms with Gasteiger partial charge in [-0.05, 0) is 63.7 Å². The van der Waals surface area contributed by atoms with Crippen LogP contribution in [0.2, 0.25) is 0 Å². The van der Waals surface area contributed by atoms with Crippen LogP contribution in [0.25, 0.3) is 0 Å². The van der Waals surface area contributed by atoms with E-state index in [1.54, 1.807) is 0 Å². The van der Waals surface area contributed by atoms with Gasteiger partial charge in [-0.25, -0.2) is 0 Å². The quantitative estimate of drug-likeness (QED) is 0.360. The van der Waals surface area contributed by atoms with Crippen molar-refractivity contribution in [3.8, 4) is 0 Å². The molecule has 8 heteroatoms. The average molecular weight is 439 g/mol. The first-order chi connectivity index (χ1) is 14.5. The van der Waals surface area contributed by atoms with Crippen molar-refractivity contribution in [2.24, 2.45) is 0 Å². The van der Waals surface area contributed by atoms with Gasteiger partial charge in [0.25, 0.3) is 0 Å². The number of nitrogens with one attached hydrogen (secondary N) is 2. The lowest BCUT2D eigenvalue weighted by Crippen LogP contribution is -2.26.